The molecule has 30 heavy (non-hydrogen) atoms. The number of aliphatic hydroxyl groups is 1. The number of sulfonamides is 1. The molecular weight excluding hydrogens is 446 g/mol. The van der Waals surface area contributed by atoms with Crippen molar-refractivity contribution < 1.29 is 23.1 Å². The predicted molar refractivity (Wildman–Crippen MR) is 117 cm³/mol. The van der Waals surface area contributed by atoms with Crippen molar-refractivity contribution in [3.05, 3.63) is 51.7 Å². The van der Waals surface area contributed by atoms with E-state index < -0.39 is 16.0 Å². The SMILES string of the molecule is CN(C)S(=O)(=O)c1ccc(NCCO)c(C(=O)OCc2csc(-c3ccsc3)n2)c1. The summed E-state index contributed by atoms with van der Waals surface area (Å²) in [6, 6.07) is 6.13. The Morgan fingerprint density at radius 2 is 2.07 bits per heavy atom. The first-order valence-electron chi connectivity index (χ1n) is 8.88. The molecule has 0 spiro atoms. The number of aromatic nitrogens is 1. The summed E-state index contributed by atoms with van der Waals surface area (Å²) in [6.07, 6.45) is 0. The summed E-state index contributed by atoms with van der Waals surface area (Å²) in [5, 5.41) is 18.6. The molecule has 11 heteroatoms. The van der Waals surface area contributed by atoms with Crippen LogP contribution in [-0.4, -0.2) is 56.0 Å². The number of ether oxygens (including phenoxy) is 1. The van der Waals surface area contributed by atoms with Gasteiger partial charge in [-0.15, -0.1) is 11.3 Å². The number of benzene rings is 1. The van der Waals surface area contributed by atoms with Gasteiger partial charge in [0.1, 0.15) is 11.6 Å². The van der Waals surface area contributed by atoms with Crippen molar-refractivity contribution in [1.82, 2.24) is 9.29 Å². The number of thiophene rings is 1. The average molecular weight is 468 g/mol. The summed E-state index contributed by atoms with van der Waals surface area (Å²) in [5.74, 6) is -0.684. The van der Waals surface area contributed by atoms with Gasteiger partial charge in [0.2, 0.25) is 10.0 Å². The number of rotatable bonds is 9. The van der Waals surface area contributed by atoms with Gasteiger partial charge in [-0.05, 0) is 29.6 Å². The van der Waals surface area contributed by atoms with Crippen molar-refractivity contribution in [3.63, 3.8) is 0 Å². The van der Waals surface area contributed by atoms with E-state index in [1.54, 1.807) is 11.3 Å². The van der Waals surface area contributed by atoms with E-state index in [0.717, 1.165) is 14.9 Å². The minimum Gasteiger partial charge on any atom is -0.455 e. The Bertz CT molecular complexity index is 1110. The summed E-state index contributed by atoms with van der Waals surface area (Å²) in [7, 11) is -0.890. The van der Waals surface area contributed by atoms with Crippen LogP contribution in [0.3, 0.4) is 0 Å². The van der Waals surface area contributed by atoms with Crippen molar-refractivity contribution >= 4 is 44.4 Å². The quantitative estimate of drug-likeness (QED) is 0.466. The first-order valence-corrected chi connectivity index (χ1v) is 12.1. The highest BCUT2D eigenvalue weighted by Crippen LogP contribution is 2.27. The van der Waals surface area contributed by atoms with Crippen molar-refractivity contribution in [2.24, 2.45) is 0 Å². The Balaban J connectivity index is 1.80. The molecule has 2 heterocycles. The van der Waals surface area contributed by atoms with Crippen molar-refractivity contribution in [3.8, 4) is 10.6 Å². The van der Waals surface area contributed by atoms with Crippen LogP contribution in [0.4, 0.5) is 5.69 Å². The predicted octanol–water partition coefficient (Wildman–Crippen LogP) is 2.88. The number of esters is 1. The van der Waals surface area contributed by atoms with E-state index in [4.69, 9.17) is 9.84 Å². The molecular formula is C19H21N3O5S3. The molecule has 160 valence electrons. The summed E-state index contributed by atoms with van der Waals surface area (Å²) >= 11 is 3.03. The average Bonchev–Trinajstić information content (AvgIpc) is 3.41. The maximum absolute atomic E-state index is 12.7. The zero-order chi connectivity index (χ0) is 21.7. The third kappa shape index (κ3) is 5.05. The van der Waals surface area contributed by atoms with E-state index >= 15 is 0 Å². The molecule has 2 N–H and O–H groups in total. The highest BCUT2D eigenvalue weighted by Gasteiger charge is 2.22. The maximum atomic E-state index is 12.7. The molecule has 0 aliphatic heterocycles. The summed E-state index contributed by atoms with van der Waals surface area (Å²) in [4.78, 5) is 17.2. The molecule has 0 amide bonds. The number of thiazole rings is 1. The molecule has 0 aliphatic carbocycles. The highest BCUT2D eigenvalue weighted by molar-refractivity contribution is 7.89. The maximum Gasteiger partial charge on any atom is 0.340 e. The van der Waals surface area contributed by atoms with Crippen LogP contribution in [0.1, 0.15) is 16.1 Å². The Kier molecular flexibility index (Phi) is 7.21. The largest absolute Gasteiger partial charge is 0.455 e. The van der Waals surface area contributed by atoms with Gasteiger partial charge in [0.25, 0.3) is 0 Å². The fourth-order valence-electron chi connectivity index (χ4n) is 2.52. The van der Waals surface area contributed by atoms with Crippen LogP contribution in [0.2, 0.25) is 0 Å². The van der Waals surface area contributed by atoms with Gasteiger partial charge in [0.15, 0.2) is 0 Å². The first kappa shape index (κ1) is 22.4. The molecule has 1 aromatic carbocycles. The van der Waals surface area contributed by atoms with Gasteiger partial charge < -0.3 is 15.2 Å². The number of aliphatic hydroxyl groups excluding tert-OH is 1. The van der Waals surface area contributed by atoms with Gasteiger partial charge in [-0.25, -0.2) is 22.5 Å². The normalized spacial score (nSPS) is 11.6. The lowest BCUT2D eigenvalue weighted by Crippen LogP contribution is -2.23. The van der Waals surface area contributed by atoms with Crippen LogP contribution in [0, 0.1) is 0 Å². The second kappa shape index (κ2) is 9.67. The van der Waals surface area contributed by atoms with Crippen LogP contribution in [0.5, 0.6) is 0 Å². The fraction of sp³-hybridized carbons (Fsp3) is 0.263. The topological polar surface area (TPSA) is 109 Å². The number of nitrogens with zero attached hydrogens (tertiary/aromatic N) is 2. The Labute approximate surface area is 182 Å². The number of carbonyl (C=O) groups is 1. The van der Waals surface area contributed by atoms with E-state index in [9.17, 15) is 13.2 Å². The van der Waals surface area contributed by atoms with E-state index in [0.29, 0.717) is 11.4 Å². The van der Waals surface area contributed by atoms with Gasteiger partial charge >= 0.3 is 5.97 Å². The monoisotopic (exact) mass is 467 g/mol. The number of hydrogen-bond donors (Lipinski definition) is 2. The Morgan fingerprint density at radius 3 is 2.73 bits per heavy atom. The van der Waals surface area contributed by atoms with E-state index in [1.165, 1.54) is 43.6 Å². The van der Waals surface area contributed by atoms with E-state index in [1.807, 2.05) is 22.2 Å². The lowest BCUT2D eigenvalue weighted by molar-refractivity contribution is 0.0469. The van der Waals surface area contributed by atoms with Crippen LogP contribution >= 0.6 is 22.7 Å². The van der Waals surface area contributed by atoms with Crippen molar-refractivity contribution in [2.75, 3.05) is 32.6 Å². The van der Waals surface area contributed by atoms with Crippen molar-refractivity contribution in [1.29, 1.82) is 0 Å². The lowest BCUT2D eigenvalue weighted by atomic mass is 10.2. The molecule has 0 fully saturated rings. The molecule has 3 rings (SSSR count). The lowest BCUT2D eigenvalue weighted by Gasteiger charge is -2.15. The van der Waals surface area contributed by atoms with Gasteiger partial charge in [0.05, 0.1) is 22.8 Å². The number of nitrogens with one attached hydrogen (secondary N) is 1. The summed E-state index contributed by atoms with van der Waals surface area (Å²) in [5.41, 5.74) is 2.07. The van der Waals surface area contributed by atoms with Crippen LogP contribution < -0.4 is 5.32 Å². The minimum absolute atomic E-state index is 0.0256. The van der Waals surface area contributed by atoms with Gasteiger partial charge in [-0.2, -0.15) is 11.3 Å². The Hall–Kier alpha value is -2.31. The van der Waals surface area contributed by atoms with Gasteiger partial charge in [-0.1, -0.05) is 0 Å². The minimum atomic E-state index is -3.72. The number of anilines is 1. The fourth-order valence-corrected chi connectivity index (χ4v) is 4.96. The molecule has 0 saturated carbocycles. The van der Waals surface area contributed by atoms with Crippen LogP contribution in [0.25, 0.3) is 10.6 Å². The second-order valence-electron chi connectivity index (χ2n) is 6.38. The van der Waals surface area contributed by atoms with Crippen LogP contribution in [-0.2, 0) is 21.4 Å². The number of carbonyl (C=O) groups excluding carboxylic acids is 1. The van der Waals surface area contributed by atoms with Gasteiger partial charge in [0, 0.05) is 42.7 Å². The van der Waals surface area contributed by atoms with Crippen LogP contribution in [0.15, 0.2) is 45.3 Å². The smallest absolute Gasteiger partial charge is 0.340 e. The van der Waals surface area contributed by atoms with E-state index in [-0.39, 0.29) is 30.2 Å². The molecule has 2 aromatic heterocycles. The molecule has 0 bridgehead atoms. The summed E-state index contributed by atoms with van der Waals surface area (Å²) < 4.78 is 31.3. The summed E-state index contributed by atoms with van der Waals surface area (Å²) in [6.45, 7) is 0.0239. The molecule has 0 aliphatic rings. The van der Waals surface area contributed by atoms with Crippen molar-refractivity contribution in [2.45, 2.75) is 11.5 Å². The zero-order valence-corrected chi connectivity index (χ0v) is 18.8. The standard InChI is InChI=1S/C19H21N3O5S3/c1-22(2)30(25,26)15-3-4-17(20-6-7-23)16(9-15)19(24)27-10-14-12-29-18(21-14)13-5-8-28-11-13/h3-5,8-9,11-12,20,23H,6-7,10H2,1-2H3. The molecule has 0 saturated heterocycles. The zero-order valence-electron chi connectivity index (χ0n) is 16.4. The first-order chi connectivity index (χ1) is 14.3. The van der Waals surface area contributed by atoms with E-state index in [2.05, 4.69) is 10.3 Å². The molecule has 0 unspecified atom stereocenters. The number of hydrogen-bond acceptors (Lipinski definition) is 9. The molecule has 3 aromatic rings. The Morgan fingerprint density at radius 1 is 1.27 bits per heavy atom. The molecule has 0 radical (unpaired) electrons. The molecule has 0 atom stereocenters. The highest BCUT2D eigenvalue weighted by atomic mass is 32.2. The molecule has 8 nitrogen and oxygen atoms in total. The van der Waals surface area contributed by atoms with Gasteiger partial charge in [-0.3, -0.25) is 0 Å². The third-order valence-electron chi connectivity index (χ3n) is 4.09. The second-order valence-corrected chi connectivity index (χ2v) is 10.2. The third-order valence-corrected chi connectivity index (χ3v) is 7.52.